The zero-order chi connectivity index (χ0) is 13.8. The Morgan fingerprint density at radius 3 is 2.84 bits per heavy atom. The van der Waals surface area contributed by atoms with E-state index in [1.807, 2.05) is 25.1 Å². The average Bonchev–Trinajstić information content (AvgIpc) is 2.41. The number of nitrogens with zero attached hydrogens (tertiary/aromatic N) is 2. The van der Waals surface area contributed by atoms with Gasteiger partial charge in [0.1, 0.15) is 17.2 Å². The molecule has 0 unspecified atom stereocenters. The number of amidine groups is 1. The normalized spacial score (nSPS) is 11.4. The summed E-state index contributed by atoms with van der Waals surface area (Å²) in [5.41, 5.74) is 6.84. The molecule has 0 saturated heterocycles. The molecule has 2 rings (SSSR count). The van der Waals surface area contributed by atoms with Gasteiger partial charge in [0.2, 0.25) is 0 Å². The van der Waals surface area contributed by atoms with Crippen molar-refractivity contribution in [2.75, 3.05) is 0 Å². The first-order chi connectivity index (χ1) is 9.10. The first kappa shape index (κ1) is 13.4. The summed E-state index contributed by atoms with van der Waals surface area (Å²) in [5.74, 6) is 1.25. The Morgan fingerprint density at radius 1 is 1.37 bits per heavy atom. The van der Waals surface area contributed by atoms with Crippen molar-refractivity contribution in [1.29, 1.82) is 0 Å². The molecule has 3 N–H and O–H groups in total. The Hall–Kier alpha value is -2.08. The lowest BCUT2D eigenvalue weighted by Gasteiger charge is -2.09. The fourth-order valence-corrected chi connectivity index (χ4v) is 2.00. The van der Waals surface area contributed by atoms with E-state index in [9.17, 15) is 0 Å². The van der Waals surface area contributed by atoms with Crippen LogP contribution in [0.25, 0.3) is 0 Å². The minimum Gasteiger partial charge on any atom is -0.457 e. The van der Waals surface area contributed by atoms with E-state index in [2.05, 4.69) is 26.1 Å². The number of oxime groups is 1. The first-order valence-electron chi connectivity index (χ1n) is 5.48. The lowest BCUT2D eigenvalue weighted by atomic mass is 10.2. The van der Waals surface area contributed by atoms with Gasteiger partial charge >= 0.3 is 0 Å². The topological polar surface area (TPSA) is 80.7 Å². The van der Waals surface area contributed by atoms with Gasteiger partial charge < -0.3 is 15.7 Å². The number of ether oxygens (including phenoxy) is 1. The minimum absolute atomic E-state index is 0.0574. The molecule has 0 atom stereocenters. The molecule has 19 heavy (non-hydrogen) atoms. The molecule has 0 aliphatic carbocycles. The maximum Gasteiger partial charge on any atom is 0.188 e. The van der Waals surface area contributed by atoms with Gasteiger partial charge in [0.05, 0.1) is 0 Å². The number of aryl methyl sites for hydroxylation is 1. The highest BCUT2D eigenvalue weighted by Gasteiger charge is 2.06. The van der Waals surface area contributed by atoms with Crippen LogP contribution < -0.4 is 10.5 Å². The first-order valence-corrected chi connectivity index (χ1v) is 6.27. The molecular formula is C13H12BrN3O2. The van der Waals surface area contributed by atoms with Gasteiger partial charge in [-0.25, -0.2) is 0 Å². The van der Waals surface area contributed by atoms with Crippen LogP contribution in [0.1, 0.15) is 11.3 Å². The van der Waals surface area contributed by atoms with E-state index in [-0.39, 0.29) is 5.84 Å². The van der Waals surface area contributed by atoms with Crippen molar-refractivity contribution < 1.29 is 9.94 Å². The van der Waals surface area contributed by atoms with Crippen LogP contribution in [0.5, 0.6) is 11.5 Å². The van der Waals surface area contributed by atoms with Crippen LogP contribution in [-0.4, -0.2) is 16.0 Å². The third kappa shape index (κ3) is 3.23. The van der Waals surface area contributed by atoms with Crippen LogP contribution in [0.4, 0.5) is 0 Å². The van der Waals surface area contributed by atoms with Crippen LogP contribution >= 0.6 is 15.9 Å². The molecule has 0 saturated carbocycles. The Kier molecular flexibility index (Phi) is 4.01. The Labute approximate surface area is 118 Å². The van der Waals surface area contributed by atoms with Gasteiger partial charge in [0.25, 0.3) is 0 Å². The molecule has 98 valence electrons. The molecule has 1 aromatic heterocycles. The second-order valence-corrected chi connectivity index (χ2v) is 4.79. The third-order valence-corrected chi connectivity index (χ3v) is 2.96. The van der Waals surface area contributed by atoms with Gasteiger partial charge in [0, 0.05) is 16.7 Å². The van der Waals surface area contributed by atoms with E-state index in [0.29, 0.717) is 11.4 Å². The van der Waals surface area contributed by atoms with E-state index in [1.165, 1.54) is 6.20 Å². The lowest BCUT2D eigenvalue weighted by molar-refractivity contribution is 0.318. The van der Waals surface area contributed by atoms with Crippen LogP contribution in [0.2, 0.25) is 0 Å². The molecule has 0 radical (unpaired) electrons. The van der Waals surface area contributed by atoms with E-state index >= 15 is 0 Å². The van der Waals surface area contributed by atoms with Gasteiger partial charge in [-0.2, -0.15) is 0 Å². The Morgan fingerprint density at radius 2 is 2.16 bits per heavy atom. The van der Waals surface area contributed by atoms with Gasteiger partial charge in [0.15, 0.2) is 5.84 Å². The van der Waals surface area contributed by atoms with Crippen LogP contribution in [0.15, 0.2) is 46.2 Å². The molecule has 2 aromatic rings. The minimum atomic E-state index is -0.0574. The van der Waals surface area contributed by atoms with E-state index in [4.69, 9.17) is 15.7 Å². The molecule has 0 bridgehead atoms. The van der Waals surface area contributed by atoms with Crippen LogP contribution in [-0.2, 0) is 0 Å². The largest absolute Gasteiger partial charge is 0.457 e. The maximum absolute atomic E-state index is 8.62. The number of halogens is 1. The second-order valence-electron chi connectivity index (χ2n) is 3.87. The van der Waals surface area contributed by atoms with Gasteiger partial charge in [-0.05, 0) is 36.8 Å². The molecule has 0 spiro atoms. The van der Waals surface area contributed by atoms with Crippen molar-refractivity contribution in [3.8, 4) is 11.5 Å². The highest BCUT2D eigenvalue weighted by Crippen LogP contribution is 2.27. The zero-order valence-corrected chi connectivity index (χ0v) is 11.8. The number of pyridine rings is 1. The molecule has 5 nitrogen and oxygen atoms in total. The summed E-state index contributed by atoms with van der Waals surface area (Å²) < 4.78 is 6.74. The van der Waals surface area contributed by atoms with Gasteiger partial charge in [-0.15, -0.1) is 0 Å². The molecule has 0 amide bonds. The summed E-state index contributed by atoms with van der Waals surface area (Å²) in [6, 6.07) is 9.03. The van der Waals surface area contributed by atoms with E-state index in [0.717, 1.165) is 15.8 Å². The predicted octanol–water partition coefficient (Wildman–Crippen LogP) is 3.04. The fraction of sp³-hybridized carbons (Fsp3) is 0.0769. The summed E-state index contributed by atoms with van der Waals surface area (Å²) in [6.45, 7) is 1.95. The zero-order valence-electron chi connectivity index (χ0n) is 10.2. The lowest BCUT2D eigenvalue weighted by Crippen LogP contribution is -2.14. The van der Waals surface area contributed by atoms with E-state index < -0.39 is 0 Å². The average molecular weight is 322 g/mol. The number of aromatic nitrogens is 1. The highest BCUT2D eigenvalue weighted by atomic mass is 79.9. The highest BCUT2D eigenvalue weighted by molar-refractivity contribution is 9.10. The maximum atomic E-state index is 8.62. The summed E-state index contributed by atoms with van der Waals surface area (Å²) in [4.78, 5) is 3.99. The summed E-state index contributed by atoms with van der Waals surface area (Å²) in [6.07, 6.45) is 1.54. The standard InChI is InChI=1S/C13H12BrN3O2/c1-8-6-9(14)2-3-12(8)19-10-4-5-16-11(7-10)13(15)17-18/h2-7,18H,1H3,(H2,15,17). The summed E-state index contributed by atoms with van der Waals surface area (Å²) in [7, 11) is 0. The molecule has 1 aromatic carbocycles. The quantitative estimate of drug-likeness (QED) is 0.394. The van der Waals surface area contributed by atoms with Crippen molar-refractivity contribution in [3.05, 3.63) is 52.3 Å². The Bertz CT molecular complexity index is 629. The predicted molar refractivity (Wildman–Crippen MR) is 75.7 cm³/mol. The van der Waals surface area contributed by atoms with Crippen molar-refractivity contribution in [3.63, 3.8) is 0 Å². The summed E-state index contributed by atoms with van der Waals surface area (Å²) in [5, 5.41) is 11.5. The molecule has 6 heteroatoms. The van der Waals surface area contributed by atoms with Crippen LogP contribution in [0.3, 0.4) is 0 Å². The number of benzene rings is 1. The van der Waals surface area contributed by atoms with Crippen molar-refractivity contribution >= 4 is 21.8 Å². The van der Waals surface area contributed by atoms with Crippen molar-refractivity contribution in [2.24, 2.45) is 10.9 Å². The third-order valence-electron chi connectivity index (χ3n) is 2.47. The summed E-state index contributed by atoms with van der Waals surface area (Å²) >= 11 is 3.40. The van der Waals surface area contributed by atoms with E-state index in [1.54, 1.807) is 12.1 Å². The fourth-order valence-electron chi connectivity index (χ4n) is 1.52. The van der Waals surface area contributed by atoms with Crippen molar-refractivity contribution in [1.82, 2.24) is 4.98 Å². The SMILES string of the molecule is Cc1cc(Br)ccc1Oc1ccnc(C(N)=NO)c1. The van der Waals surface area contributed by atoms with Crippen LogP contribution in [0, 0.1) is 6.92 Å². The number of hydrogen-bond acceptors (Lipinski definition) is 4. The number of rotatable bonds is 3. The molecule has 0 aliphatic rings. The Balaban J connectivity index is 2.28. The molecule has 0 aliphatic heterocycles. The van der Waals surface area contributed by atoms with Gasteiger partial charge in [-0.3, -0.25) is 4.98 Å². The second kappa shape index (κ2) is 5.71. The smallest absolute Gasteiger partial charge is 0.188 e. The molecule has 1 heterocycles. The van der Waals surface area contributed by atoms with Crippen molar-refractivity contribution in [2.45, 2.75) is 6.92 Å². The number of nitrogens with two attached hydrogens (primary N) is 1. The van der Waals surface area contributed by atoms with Gasteiger partial charge in [-0.1, -0.05) is 21.1 Å². The molecule has 0 fully saturated rings. The number of hydrogen-bond donors (Lipinski definition) is 2. The molecular weight excluding hydrogens is 310 g/mol. The monoisotopic (exact) mass is 321 g/mol.